The Kier molecular flexibility index (Phi) is 7.06. The fourth-order valence-electron chi connectivity index (χ4n) is 4.24. The first kappa shape index (κ1) is 21.4. The van der Waals surface area contributed by atoms with Crippen LogP contribution in [0, 0.1) is 22.0 Å². The van der Waals surface area contributed by atoms with Crippen LogP contribution in [0.1, 0.15) is 37.6 Å². The molecular weight excluding hydrogens is 368 g/mol. The Morgan fingerprint density at radius 1 is 1.22 bits per heavy atom. The molecule has 3 atom stereocenters. The number of nitrogens with zero attached hydrogens (tertiary/aromatic N) is 3. The molecule has 1 aromatic rings. The number of amides is 1. The van der Waals surface area contributed by atoms with Gasteiger partial charge >= 0.3 is 0 Å². The fraction of sp³-hybridized carbons (Fsp3) is 0.632. The molecule has 0 aromatic heterocycles. The van der Waals surface area contributed by atoms with E-state index in [1.807, 2.05) is 6.92 Å². The van der Waals surface area contributed by atoms with E-state index >= 15 is 0 Å². The Bertz CT molecular complexity index is 690. The van der Waals surface area contributed by atoms with Crippen LogP contribution in [-0.2, 0) is 0 Å². The van der Waals surface area contributed by atoms with Crippen LogP contribution >= 0.6 is 12.4 Å². The van der Waals surface area contributed by atoms with Gasteiger partial charge in [0.2, 0.25) is 0 Å². The topological polar surface area (TPSA) is 78.7 Å². The van der Waals surface area contributed by atoms with Crippen LogP contribution in [0.25, 0.3) is 0 Å². The SMILES string of the molecule is CC1CC(C)CN(c2ccc(C(=O)N3CCNC[C@H]3C)cc2[N+](=O)[O-])C1.Cl. The number of piperazine rings is 1. The third-order valence-electron chi connectivity index (χ3n) is 5.39. The Morgan fingerprint density at radius 2 is 1.89 bits per heavy atom. The Labute approximate surface area is 166 Å². The molecule has 1 aromatic carbocycles. The quantitative estimate of drug-likeness (QED) is 0.627. The average Bonchev–Trinajstić information content (AvgIpc) is 2.60. The molecule has 0 aliphatic carbocycles. The molecule has 0 saturated carbocycles. The van der Waals surface area contributed by atoms with Gasteiger partial charge in [-0.1, -0.05) is 13.8 Å². The molecule has 3 rings (SSSR count). The second kappa shape index (κ2) is 8.89. The number of hydrogen-bond donors (Lipinski definition) is 1. The van der Waals surface area contributed by atoms with Crippen LogP contribution in [0.4, 0.5) is 11.4 Å². The number of anilines is 1. The van der Waals surface area contributed by atoms with Crippen LogP contribution < -0.4 is 10.2 Å². The van der Waals surface area contributed by atoms with Gasteiger partial charge in [-0.3, -0.25) is 14.9 Å². The minimum atomic E-state index is -0.364. The van der Waals surface area contributed by atoms with E-state index in [1.54, 1.807) is 17.0 Å². The number of carbonyl (C=O) groups excluding carboxylic acids is 1. The molecule has 150 valence electrons. The zero-order chi connectivity index (χ0) is 18.8. The molecule has 27 heavy (non-hydrogen) atoms. The molecule has 1 amide bonds. The van der Waals surface area contributed by atoms with Crippen LogP contribution in [0.2, 0.25) is 0 Å². The third-order valence-corrected chi connectivity index (χ3v) is 5.39. The summed E-state index contributed by atoms with van der Waals surface area (Å²) in [6.07, 6.45) is 1.14. The zero-order valence-corrected chi connectivity index (χ0v) is 17.0. The van der Waals surface area contributed by atoms with Crippen molar-refractivity contribution in [1.29, 1.82) is 0 Å². The first-order chi connectivity index (χ1) is 12.4. The Morgan fingerprint density at radius 3 is 2.48 bits per heavy atom. The van der Waals surface area contributed by atoms with Gasteiger partial charge in [0.05, 0.1) is 4.92 Å². The highest BCUT2D eigenvalue weighted by atomic mass is 35.5. The van der Waals surface area contributed by atoms with Crippen molar-refractivity contribution in [2.24, 2.45) is 11.8 Å². The van der Waals surface area contributed by atoms with E-state index in [1.165, 1.54) is 6.07 Å². The van der Waals surface area contributed by atoms with E-state index in [4.69, 9.17) is 0 Å². The molecule has 2 fully saturated rings. The van der Waals surface area contributed by atoms with Gasteiger partial charge in [0.15, 0.2) is 0 Å². The highest BCUT2D eigenvalue weighted by molar-refractivity contribution is 5.96. The maximum absolute atomic E-state index is 12.8. The van der Waals surface area contributed by atoms with Crippen molar-refractivity contribution < 1.29 is 9.72 Å². The highest BCUT2D eigenvalue weighted by Gasteiger charge is 2.30. The maximum atomic E-state index is 12.8. The van der Waals surface area contributed by atoms with Gasteiger partial charge in [-0.05, 0) is 37.3 Å². The molecule has 7 nitrogen and oxygen atoms in total. The van der Waals surface area contributed by atoms with Crippen LogP contribution in [-0.4, -0.2) is 54.5 Å². The second-order valence-corrected chi connectivity index (χ2v) is 7.86. The van der Waals surface area contributed by atoms with Crippen LogP contribution in [0.3, 0.4) is 0 Å². The number of nitrogens with one attached hydrogen (secondary N) is 1. The van der Waals surface area contributed by atoms with Crippen molar-refractivity contribution in [3.63, 3.8) is 0 Å². The minimum absolute atomic E-state index is 0. The summed E-state index contributed by atoms with van der Waals surface area (Å²) < 4.78 is 0. The summed E-state index contributed by atoms with van der Waals surface area (Å²) in [5.41, 5.74) is 1.05. The molecule has 0 bridgehead atoms. The number of nitro benzene ring substituents is 1. The summed E-state index contributed by atoms with van der Waals surface area (Å²) in [7, 11) is 0. The zero-order valence-electron chi connectivity index (χ0n) is 16.2. The normalized spacial score (nSPS) is 25.7. The number of hydrogen-bond acceptors (Lipinski definition) is 5. The molecule has 8 heteroatoms. The van der Waals surface area contributed by atoms with E-state index < -0.39 is 0 Å². The molecule has 0 spiro atoms. The van der Waals surface area contributed by atoms with Gasteiger partial charge in [-0.15, -0.1) is 12.4 Å². The van der Waals surface area contributed by atoms with Crippen molar-refractivity contribution in [3.05, 3.63) is 33.9 Å². The van der Waals surface area contributed by atoms with Gasteiger partial charge in [-0.2, -0.15) is 0 Å². The summed E-state index contributed by atoms with van der Waals surface area (Å²) in [6.45, 7) is 10.1. The molecule has 2 aliphatic rings. The summed E-state index contributed by atoms with van der Waals surface area (Å²) in [5, 5.41) is 14.9. The predicted octanol–water partition coefficient (Wildman–Crippen LogP) is 2.93. The van der Waals surface area contributed by atoms with Gasteiger partial charge in [-0.25, -0.2) is 0 Å². The van der Waals surface area contributed by atoms with Gasteiger partial charge < -0.3 is 15.1 Å². The van der Waals surface area contributed by atoms with Crippen LogP contribution in [0.15, 0.2) is 18.2 Å². The number of carbonyl (C=O) groups is 1. The smallest absolute Gasteiger partial charge is 0.293 e. The molecule has 2 unspecified atom stereocenters. The molecule has 2 aliphatic heterocycles. The lowest BCUT2D eigenvalue weighted by molar-refractivity contribution is -0.384. The summed E-state index contributed by atoms with van der Waals surface area (Å²) in [4.78, 5) is 28.0. The molecule has 1 N–H and O–H groups in total. The van der Waals surface area contributed by atoms with Gasteiger partial charge in [0.1, 0.15) is 5.69 Å². The molecule has 0 radical (unpaired) electrons. The van der Waals surface area contributed by atoms with E-state index in [-0.39, 0.29) is 35.0 Å². The summed E-state index contributed by atoms with van der Waals surface area (Å²) in [5.74, 6) is 0.872. The molecule has 2 saturated heterocycles. The molecular formula is C19H29ClN4O3. The minimum Gasteiger partial charge on any atom is -0.365 e. The van der Waals surface area contributed by atoms with Crippen LogP contribution in [0.5, 0.6) is 0 Å². The Balaban J connectivity index is 0.00000261. The van der Waals surface area contributed by atoms with E-state index in [0.29, 0.717) is 29.6 Å². The second-order valence-electron chi connectivity index (χ2n) is 7.86. The van der Waals surface area contributed by atoms with E-state index in [0.717, 1.165) is 32.6 Å². The van der Waals surface area contributed by atoms with E-state index in [2.05, 4.69) is 24.1 Å². The number of nitro groups is 1. The summed E-state index contributed by atoms with van der Waals surface area (Å²) in [6, 6.07) is 5.03. The van der Waals surface area contributed by atoms with Crippen molar-refractivity contribution >= 4 is 29.7 Å². The number of piperidine rings is 1. The van der Waals surface area contributed by atoms with Crippen molar-refractivity contribution in [2.75, 3.05) is 37.6 Å². The van der Waals surface area contributed by atoms with Gasteiger partial charge in [0, 0.05) is 50.4 Å². The largest absolute Gasteiger partial charge is 0.365 e. The Hall–Kier alpha value is -1.86. The monoisotopic (exact) mass is 396 g/mol. The third kappa shape index (κ3) is 4.71. The number of benzene rings is 1. The lowest BCUT2D eigenvalue weighted by Crippen LogP contribution is -2.52. The lowest BCUT2D eigenvalue weighted by atomic mass is 9.91. The number of halogens is 1. The lowest BCUT2D eigenvalue weighted by Gasteiger charge is -2.36. The van der Waals surface area contributed by atoms with Crippen molar-refractivity contribution in [1.82, 2.24) is 10.2 Å². The highest BCUT2D eigenvalue weighted by Crippen LogP contribution is 2.34. The fourth-order valence-corrected chi connectivity index (χ4v) is 4.24. The van der Waals surface area contributed by atoms with E-state index in [9.17, 15) is 14.9 Å². The summed E-state index contributed by atoms with van der Waals surface area (Å²) >= 11 is 0. The average molecular weight is 397 g/mol. The van der Waals surface area contributed by atoms with Gasteiger partial charge in [0.25, 0.3) is 11.6 Å². The standard InChI is InChI=1S/C19H28N4O3.ClH/c1-13-8-14(2)12-21(11-13)17-5-4-16(9-18(17)23(25)26)19(24)22-7-6-20-10-15(22)3;/h4-5,9,13-15,20H,6-8,10-12H2,1-3H3;1H/t13?,14?,15-;/m1./s1. The maximum Gasteiger partial charge on any atom is 0.293 e. The van der Waals surface area contributed by atoms with Crippen molar-refractivity contribution in [3.8, 4) is 0 Å². The predicted molar refractivity (Wildman–Crippen MR) is 109 cm³/mol. The van der Waals surface area contributed by atoms with Crippen molar-refractivity contribution in [2.45, 2.75) is 33.2 Å². The molecule has 2 heterocycles. The first-order valence-corrected chi connectivity index (χ1v) is 9.42. The number of rotatable bonds is 3. The first-order valence-electron chi connectivity index (χ1n) is 9.42.